The van der Waals surface area contributed by atoms with Crippen molar-refractivity contribution in [2.75, 3.05) is 18.5 Å². The fourth-order valence-corrected chi connectivity index (χ4v) is 4.63. The van der Waals surface area contributed by atoms with Gasteiger partial charge >= 0.3 is 12.2 Å². The van der Waals surface area contributed by atoms with Crippen LogP contribution in [0.4, 0.5) is 19.2 Å². The highest BCUT2D eigenvalue weighted by Gasteiger charge is 2.44. The van der Waals surface area contributed by atoms with Crippen molar-refractivity contribution in [3.63, 3.8) is 0 Å². The Morgan fingerprint density at radius 3 is 2.68 bits per heavy atom. The van der Waals surface area contributed by atoms with Gasteiger partial charge in [-0.05, 0) is 57.6 Å². The molecule has 8 nitrogen and oxygen atoms in total. The number of likely N-dealkylation sites (tertiary alicyclic amines) is 1. The molecule has 1 saturated heterocycles. The average molecular weight is 480 g/mol. The number of carbonyl (C=O) groups is 2. The summed E-state index contributed by atoms with van der Waals surface area (Å²) in [5.41, 5.74) is 0.672. The van der Waals surface area contributed by atoms with E-state index in [9.17, 15) is 22.8 Å². The van der Waals surface area contributed by atoms with Crippen LogP contribution in [0.3, 0.4) is 0 Å². The Kier molecular flexibility index (Phi) is 7.08. The van der Waals surface area contributed by atoms with E-state index in [4.69, 9.17) is 9.15 Å². The number of nitrogens with one attached hydrogen (secondary N) is 1. The number of halogens is 3. The molecule has 0 aromatic carbocycles. The van der Waals surface area contributed by atoms with E-state index < -0.39 is 18.0 Å². The average Bonchev–Trinajstić information content (AvgIpc) is 3.45. The standard InChI is InChI=1S/C23H27F3N4O4/c1-14-12-34-22(28-14)29-20(31)19-18(5-2-10-27-19)33-13-17-4-3-11-30(17)21(32)15-6-8-16(9-7-15)23(24,25)26/h2,5,10,12,15-17H,3-4,6-9,11,13H2,1H3,(H,28,29,31)/t15?,16?,17-/m1/s1. The van der Waals surface area contributed by atoms with E-state index in [1.807, 2.05) is 0 Å². The third-order valence-electron chi connectivity index (χ3n) is 6.46. The highest BCUT2D eigenvalue weighted by Crippen LogP contribution is 2.40. The molecule has 4 rings (SSSR count). The Morgan fingerprint density at radius 1 is 1.24 bits per heavy atom. The number of hydrogen-bond donors (Lipinski definition) is 1. The minimum Gasteiger partial charge on any atom is -0.489 e. The molecular weight excluding hydrogens is 453 g/mol. The number of ether oxygens (including phenoxy) is 1. The first-order chi connectivity index (χ1) is 16.2. The van der Waals surface area contributed by atoms with Gasteiger partial charge in [0, 0.05) is 18.7 Å². The molecule has 1 aliphatic heterocycles. The van der Waals surface area contributed by atoms with Crippen LogP contribution in [0.15, 0.2) is 29.0 Å². The van der Waals surface area contributed by atoms with Crippen molar-refractivity contribution in [1.29, 1.82) is 0 Å². The Balaban J connectivity index is 1.35. The predicted molar refractivity (Wildman–Crippen MR) is 115 cm³/mol. The molecule has 0 bridgehead atoms. The van der Waals surface area contributed by atoms with Gasteiger partial charge in [-0.3, -0.25) is 14.9 Å². The molecule has 2 fully saturated rings. The topological polar surface area (TPSA) is 97.6 Å². The zero-order valence-electron chi connectivity index (χ0n) is 18.8. The monoisotopic (exact) mass is 480 g/mol. The summed E-state index contributed by atoms with van der Waals surface area (Å²) in [6.45, 7) is 2.44. The molecule has 1 aliphatic carbocycles. The van der Waals surface area contributed by atoms with Crippen molar-refractivity contribution >= 4 is 17.8 Å². The van der Waals surface area contributed by atoms with Crippen LogP contribution in [-0.2, 0) is 4.79 Å². The zero-order valence-corrected chi connectivity index (χ0v) is 18.8. The molecule has 0 unspecified atom stereocenters. The number of pyridine rings is 1. The van der Waals surface area contributed by atoms with Crippen LogP contribution in [-0.4, -0.2) is 52.1 Å². The summed E-state index contributed by atoms with van der Waals surface area (Å²) >= 11 is 0. The second-order valence-electron chi connectivity index (χ2n) is 8.83. The number of nitrogens with zero attached hydrogens (tertiary/aromatic N) is 3. The second-order valence-corrected chi connectivity index (χ2v) is 8.83. The van der Waals surface area contributed by atoms with Crippen LogP contribution in [0, 0.1) is 18.8 Å². The van der Waals surface area contributed by atoms with E-state index in [2.05, 4.69) is 15.3 Å². The lowest BCUT2D eigenvalue weighted by Crippen LogP contribution is -2.44. The number of alkyl halides is 3. The van der Waals surface area contributed by atoms with Crippen molar-refractivity contribution in [2.24, 2.45) is 11.8 Å². The maximum atomic E-state index is 13.1. The fourth-order valence-electron chi connectivity index (χ4n) is 4.63. The van der Waals surface area contributed by atoms with Crippen LogP contribution in [0.5, 0.6) is 5.75 Å². The third-order valence-corrected chi connectivity index (χ3v) is 6.46. The first kappa shape index (κ1) is 24.0. The van der Waals surface area contributed by atoms with Gasteiger partial charge in [0.05, 0.1) is 17.7 Å². The van der Waals surface area contributed by atoms with Crippen LogP contribution >= 0.6 is 0 Å². The van der Waals surface area contributed by atoms with Crippen LogP contribution in [0.25, 0.3) is 0 Å². The summed E-state index contributed by atoms with van der Waals surface area (Å²) in [5, 5.41) is 2.53. The molecular formula is C23H27F3N4O4. The van der Waals surface area contributed by atoms with Crippen LogP contribution < -0.4 is 10.1 Å². The van der Waals surface area contributed by atoms with E-state index in [0.29, 0.717) is 12.2 Å². The summed E-state index contributed by atoms with van der Waals surface area (Å²) in [5.74, 6) is -2.09. The SMILES string of the molecule is Cc1coc(NC(=O)c2ncccc2OC[C@H]2CCCN2C(=O)C2CCC(C(F)(F)F)CC2)n1. The number of anilines is 1. The summed E-state index contributed by atoms with van der Waals surface area (Å²) in [7, 11) is 0. The van der Waals surface area contributed by atoms with Gasteiger partial charge in [-0.1, -0.05) is 0 Å². The third kappa shape index (κ3) is 5.51. The maximum Gasteiger partial charge on any atom is 0.391 e. The van der Waals surface area contributed by atoms with E-state index >= 15 is 0 Å². The maximum absolute atomic E-state index is 13.1. The van der Waals surface area contributed by atoms with E-state index in [0.717, 1.165) is 12.8 Å². The van der Waals surface area contributed by atoms with Gasteiger partial charge in [0.1, 0.15) is 12.9 Å². The quantitative estimate of drug-likeness (QED) is 0.660. The summed E-state index contributed by atoms with van der Waals surface area (Å²) in [6.07, 6.45) is 0.680. The van der Waals surface area contributed by atoms with Crippen molar-refractivity contribution < 1.29 is 31.9 Å². The highest BCUT2D eigenvalue weighted by atomic mass is 19.4. The highest BCUT2D eigenvalue weighted by molar-refractivity contribution is 6.03. The summed E-state index contributed by atoms with van der Waals surface area (Å²) in [4.78, 5) is 35.5. The van der Waals surface area contributed by atoms with Gasteiger partial charge in [-0.2, -0.15) is 18.2 Å². The van der Waals surface area contributed by atoms with E-state index in [1.54, 1.807) is 24.0 Å². The zero-order chi connectivity index (χ0) is 24.3. The lowest BCUT2D eigenvalue weighted by Gasteiger charge is -2.33. The molecule has 1 N–H and O–H groups in total. The van der Waals surface area contributed by atoms with Crippen molar-refractivity contribution in [2.45, 2.75) is 57.7 Å². The van der Waals surface area contributed by atoms with Crippen molar-refractivity contribution in [3.8, 4) is 5.75 Å². The molecule has 1 saturated carbocycles. The molecule has 0 radical (unpaired) electrons. The summed E-state index contributed by atoms with van der Waals surface area (Å²) < 4.78 is 49.9. The summed E-state index contributed by atoms with van der Waals surface area (Å²) in [6, 6.07) is 3.09. The van der Waals surface area contributed by atoms with Gasteiger partial charge in [0.2, 0.25) is 5.91 Å². The smallest absolute Gasteiger partial charge is 0.391 e. The molecule has 2 aromatic rings. The minimum atomic E-state index is -4.20. The Bertz CT molecular complexity index is 1020. The predicted octanol–water partition coefficient (Wildman–Crippen LogP) is 4.37. The first-order valence-electron chi connectivity index (χ1n) is 11.4. The Labute approximate surface area is 194 Å². The fraction of sp³-hybridized carbons (Fsp3) is 0.565. The molecule has 2 aromatic heterocycles. The number of amides is 2. The van der Waals surface area contributed by atoms with Crippen LogP contribution in [0.2, 0.25) is 0 Å². The van der Waals surface area contributed by atoms with Gasteiger partial charge < -0.3 is 14.1 Å². The molecule has 34 heavy (non-hydrogen) atoms. The lowest BCUT2D eigenvalue weighted by atomic mass is 9.81. The molecule has 2 amide bonds. The molecule has 1 atom stereocenters. The number of hydrogen-bond acceptors (Lipinski definition) is 6. The number of carbonyl (C=O) groups excluding carboxylic acids is 2. The molecule has 2 aliphatic rings. The van der Waals surface area contributed by atoms with Crippen molar-refractivity contribution in [1.82, 2.24) is 14.9 Å². The molecule has 184 valence electrons. The molecule has 3 heterocycles. The van der Waals surface area contributed by atoms with E-state index in [1.165, 1.54) is 12.5 Å². The van der Waals surface area contributed by atoms with E-state index in [-0.39, 0.29) is 67.6 Å². The molecule has 11 heteroatoms. The first-order valence-corrected chi connectivity index (χ1v) is 11.4. The van der Waals surface area contributed by atoms with Gasteiger partial charge in [-0.25, -0.2) is 4.98 Å². The Morgan fingerprint density at radius 2 is 2.00 bits per heavy atom. The van der Waals surface area contributed by atoms with Crippen LogP contribution in [0.1, 0.15) is 54.7 Å². The second kappa shape index (κ2) is 10.0. The van der Waals surface area contributed by atoms with Gasteiger partial charge in [0.25, 0.3) is 5.91 Å². The number of rotatable bonds is 6. The lowest BCUT2D eigenvalue weighted by molar-refractivity contribution is -0.185. The number of aromatic nitrogens is 2. The minimum absolute atomic E-state index is 0.00683. The Hall–Kier alpha value is -3.11. The van der Waals surface area contributed by atoms with Gasteiger partial charge in [0.15, 0.2) is 11.4 Å². The molecule has 0 spiro atoms. The largest absolute Gasteiger partial charge is 0.489 e. The van der Waals surface area contributed by atoms with Crippen molar-refractivity contribution in [3.05, 3.63) is 36.0 Å². The number of aryl methyl sites for hydroxylation is 1. The number of oxazole rings is 1. The van der Waals surface area contributed by atoms with Gasteiger partial charge in [-0.15, -0.1) is 0 Å². The normalized spacial score (nSPS) is 23.1.